The highest BCUT2D eigenvalue weighted by Gasteiger charge is 2.32. The number of halogens is 1. The third kappa shape index (κ3) is 1.85. The first-order valence-corrected chi connectivity index (χ1v) is 4.38. The predicted molar refractivity (Wildman–Crippen MR) is 47.8 cm³/mol. The second-order valence-corrected chi connectivity index (χ2v) is 3.16. The van der Waals surface area contributed by atoms with E-state index in [-0.39, 0.29) is 6.54 Å². The Kier molecular flexibility index (Phi) is 2.98. The lowest BCUT2D eigenvalue weighted by atomic mass is 9.97. The minimum absolute atomic E-state index is 0.0257. The molecular weight excluding hydrogens is 171 g/mol. The number of hydrogen-bond acceptors (Lipinski definition) is 3. The molecule has 1 aromatic rings. The molecule has 0 radical (unpaired) electrons. The standard InChI is InChI=1S/C8H15FN4/c1-3-4-8(9,6-10)7-5-11-12-13(7)2/h5H,3-4,6,10H2,1-2H3. The lowest BCUT2D eigenvalue weighted by Crippen LogP contribution is -2.32. The highest BCUT2D eigenvalue weighted by molar-refractivity contribution is 5.08. The average Bonchev–Trinajstić information content (AvgIpc) is 2.52. The van der Waals surface area contributed by atoms with Gasteiger partial charge < -0.3 is 5.73 Å². The molecule has 1 unspecified atom stereocenters. The van der Waals surface area contributed by atoms with Gasteiger partial charge in [0.15, 0.2) is 5.67 Å². The average molecular weight is 186 g/mol. The number of aryl methyl sites for hydroxylation is 1. The zero-order valence-electron chi connectivity index (χ0n) is 8.00. The number of rotatable bonds is 4. The molecule has 1 heterocycles. The van der Waals surface area contributed by atoms with Crippen molar-refractivity contribution in [2.75, 3.05) is 6.54 Å². The van der Waals surface area contributed by atoms with Crippen LogP contribution in [-0.2, 0) is 12.7 Å². The van der Waals surface area contributed by atoms with Gasteiger partial charge >= 0.3 is 0 Å². The summed E-state index contributed by atoms with van der Waals surface area (Å²) in [5.74, 6) is 0. The van der Waals surface area contributed by atoms with Gasteiger partial charge in [0.2, 0.25) is 0 Å². The molecule has 0 saturated heterocycles. The van der Waals surface area contributed by atoms with Crippen LogP contribution in [0, 0.1) is 0 Å². The van der Waals surface area contributed by atoms with Crippen LogP contribution in [0.25, 0.3) is 0 Å². The zero-order chi connectivity index (χ0) is 9.90. The molecular formula is C8H15FN4. The lowest BCUT2D eigenvalue weighted by molar-refractivity contribution is 0.147. The van der Waals surface area contributed by atoms with Crippen LogP contribution >= 0.6 is 0 Å². The van der Waals surface area contributed by atoms with E-state index in [2.05, 4.69) is 10.3 Å². The van der Waals surface area contributed by atoms with E-state index in [1.165, 1.54) is 10.9 Å². The van der Waals surface area contributed by atoms with E-state index in [0.29, 0.717) is 12.1 Å². The highest BCUT2D eigenvalue weighted by Crippen LogP contribution is 2.28. The van der Waals surface area contributed by atoms with Gasteiger partial charge in [-0.15, -0.1) is 5.10 Å². The van der Waals surface area contributed by atoms with E-state index < -0.39 is 5.67 Å². The van der Waals surface area contributed by atoms with E-state index in [9.17, 15) is 4.39 Å². The summed E-state index contributed by atoms with van der Waals surface area (Å²) in [6.07, 6.45) is 2.59. The van der Waals surface area contributed by atoms with Crippen molar-refractivity contribution < 1.29 is 4.39 Å². The van der Waals surface area contributed by atoms with E-state index in [4.69, 9.17) is 5.73 Å². The van der Waals surface area contributed by atoms with E-state index in [1.54, 1.807) is 7.05 Å². The number of hydrogen-bond donors (Lipinski definition) is 1. The van der Waals surface area contributed by atoms with Gasteiger partial charge in [0.25, 0.3) is 0 Å². The van der Waals surface area contributed by atoms with Crippen molar-refractivity contribution in [3.05, 3.63) is 11.9 Å². The molecule has 0 aromatic carbocycles. The normalized spacial score (nSPS) is 15.7. The number of nitrogens with two attached hydrogens (primary N) is 1. The predicted octanol–water partition coefficient (Wildman–Crippen LogP) is 0.739. The minimum atomic E-state index is -1.48. The van der Waals surface area contributed by atoms with Gasteiger partial charge in [-0.2, -0.15) is 0 Å². The first-order chi connectivity index (χ1) is 6.14. The molecule has 13 heavy (non-hydrogen) atoms. The molecule has 0 fully saturated rings. The number of nitrogens with zero attached hydrogens (tertiary/aromatic N) is 3. The smallest absolute Gasteiger partial charge is 0.166 e. The molecule has 0 bridgehead atoms. The first kappa shape index (κ1) is 10.1. The summed E-state index contributed by atoms with van der Waals surface area (Å²) in [4.78, 5) is 0. The maximum absolute atomic E-state index is 14.1. The summed E-state index contributed by atoms with van der Waals surface area (Å²) >= 11 is 0. The summed E-state index contributed by atoms with van der Waals surface area (Å²) in [5.41, 5.74) is 4.39. The Bertz CT molecular complexity index is 273. The SMILES string of the molecule is CCCC(F)(CN)c1cnnn1C. The van der Waals surface area contributed by atoms with Crippen molar-refractivity contribution in [1.82, 2.24) is 15.0 Å². The summed E-state index contributed by atoms with van der Waals surface area (Å²) in [6.45, 7) is 1.90. The molecule has 0 aliphatic carbocycles. The number of aromatic nitrogens is 3. The fourth-order valence-electron chi connectivity index (χ4n) is 1.43. The van der Waals surface area contributed by atoms with Crippen molar-refractivity contribution >= 4 is 0 Å². The summed E-state index contributed by atoms with van der Waals surface area (Å²) in [7, 11) is 1.67. The van der Waals surface area contributed by atoms with Gasteiger partial charge in [-0.1, -0.05) is 18.6 Å². The molecule has 74 valence electrons. The van der Waals surface area contributed by atoms with Gasteiger partial charge in [-0.05, 0) is 6.42 Å². The molecule has 1 aromatic heterocycles. The van der Waals surface area contributed by atoms with Crippen molar-refractivity contribution in [2.24, 2.45) is 12.8 Å². The van der Waals surface area contributed by atoms with Crippen molar-refractivity contribution in [2.45, 2.75) is 25.4 Å². The maximum Gasteiger partial charge on any atom is 0.166 e. The molecule has 1 rings (SSSR count). The monoisotopic (exact) mass is 186 g/mol. The second kappa shape index (κ2) is 3.83. The van der Waals surface area contributed by atoms with Gasteiger partial charge in [0.1, 0.15) is 0 Å². The summed E-state index contributed by atoms with van der Waals surface area (Å²) < 4.78 is 15.6. The van der Waals surface area contributed by atoms with Crippen LogP contribution in [0.15, 0.2) is 6.20 Å². The molecule has 2 N–H and O–H groups in total. The Morgan fingerprint density at radius 3 is 2.77 bits per heavy atom. The van der Waals surface area contributed by atoms with Crippen LogP contribution in [0.3, 0.4) is 0 Å². The van der Waals surface area contributed by atoms with Gasteiger partial charge in [0.05, 0.1) is 11.9 Å². The Labute approximate surface area is 76.9 Å². The summed E-state index contributed by atoms with van der Waals surface area (Å²) in [5, 5.41) is 7.32. The molecule has 0 amide bonds. The largest absolute Gasteiger partial charge is 0.327 e. The van der Waals surface area contributed by atoms with Crippen LogP contribution in [-0.4, -0.2) is 21.5 Å². The number of alkyl halides is 1. The van der Waals surface area contributed by atoms with Crippen LogP contribution in [0.2, 0.25) is 0 Å². The Morgan fingerprint density at radius 1 is 1.69 bits per heavy atom. The van der Waals surface area contributed by atoms with E-state index in [0.717, 1.165) is 6.42 Å². The Balaban J connectivity index is 2.95. The lowest BCUT2D eigenvalue weighted by Gasteiger charge is -2.22. The third-order valence-electron chi connectivity index (χ3n) is 2.14. The molecule has 0 spiro atoms. The summed E-state index contributed by atoms with van der Waals surface area (Å²) in [6, 6.07) is 0. The topological polar surface area (TPSA) is 56.7 Å². The quantitative estimate of drug-likeness (QED) is 0.754. The van der Waals surface area contributed by atoms with E-state index >= 15 is 0 Å². The molecule has 4 nitrogen and oxygen atoms in total. The molecule has 0 aliphatic heterocycles. The zero-order valence-corrected chi connectivity index (χ0v) is 8.00. The maximum atomic E-state index is 14.1. The molecule has 0 aliphatic rings. The fraction of sp³-hybridized carbons (Fsp3) is 0.750. The van der Waals surface area contributed by atoms with Crippen LogP contribution in [0.5, 0.6) is 0 Å². The minimum Gasteiger partial charge on any atom is -0.327 e. The third-order valence-corrected chi connectivity index (χ3v) is 2.14. The van der Waals surface area contributed by atoms with Crippen molar-refractivity contribution in [3.63, 3.8) is 0 Å². The Morgan fingerprint density at radius 2 is 2.38 bits per heavy atom. The van der Waals surface area contributed by atoms with Gasteiger partial charge in [-0.25, -0.2) is 9.07 Å². The van der Waals surface area contributed by atoms with Crippen molar-refractivity contribution in [1.29, 1.82) is 0 Å². The highest BCUT2D eigenvalue weighted by atomic mass is 19.1. The molecule has 5 heteroatoms. The van der Waals surface area contributed by atoms with Gasteiger partial charge in [0, 0.05) is 13.6 Å². The van der Waals surface area contributed by atoms with Crippen LogP contribution in [0.4, 0.5) is 4.39 Å². The first-order valence-electron chi connectivity index (χ1n) is 4.38. The van der Waals surface area contributed by atoms with Gasteiger partial charge in [-0.3, -0.25) is 0 Å². The molecule has 0 saturated carbocycles. The fourth-order valence-corrected chi connectivity index (χ4v) is 1.43. The van der Waals surface area contributed by atoms with E-state index in [1.807, 2.05) is 6.92 Å². The molecule has 1 atom stereocenters. The van der Waals surface area contributed by atoms with Crippen LogP contribution < -0.4 is 5.73 Å². The van der Waals surface area contributed by atoms with Crippen LogP contribution in [0.1, 0.15) is 25.5 Å². The Hall–Kier alpha value is -0.970. The van der Waals surface area contributed by atoms with Crippen molar-refractivity contribution in [3.8, 4) is 0 Å². The second-order valence-electron chi connectivity index (χ2n) is 3.16.